The maximum absolute atomic E-state index is 11.4. The minimum atomic E-state index is -0.450. The van der Waals surface area contributed by atoms with Crippen molar-refractivity contribution in [3.8, 4) is 0 Å². The summed E-state index contributed by atoms with van der Waals surface area (Å²) in [6.45, 7) is 0. The lowest BCUT2D eigenvalue weighted by Gasteiger charge is -2.00. The van der Waals surface area contributed by atoms with Crippen molar-refractivity contribution >= 4 is 27.5 Å². The Balaban J connectivity index is 2.14. The minimum absolute atomic E-state index is 0.270. The molecule has 2 heterocycles. The quantitative estimate of drug-likeness (QED) is 0.797. The van der Waals surface area contributed by atoms with Crippen LogP contribution in [0, 0.1) is 0 Å². The molecule has 2 aromatic rings. The zero-order valence-corrected chi connectivity index (χ0v) is 10.8. The van der Waals surface area contributed by atoms with Crippen LogP contribution in [0.3, 0.4) is 0 Å². The fourth-order valence-corrected chi connectivity index (χ4v) is 2.24. The number of hydrogen-bond acceptors (Lipinski definition) is 4. The number of carbonyl (C=O) groups excluding carboxylic acids is 1. The van der Waals surface area contributed by atoms with Crippen molar-refractivity contribution in [2.45, 2.75) is 18.8 Å². The Bertz CT molecular complexity index is 604. The monoisotopic (exact) mass is 295 g/mol. The van der Waals surface area contributed by atoms with Gasteiger partial charge in [-0.2, -0.15) is 0 Å². The van der Waals surface area contributed by atoms with E-state index in [9.17, 15) is 4.79 Å². The summed E-state index contributed by atoms with van der Waals surface area (Å²) in [6.07, 6.45) is 5.98. The highest BCUT2D eigenvalue weighted by Gasteiger charge is 2.27. The smallest absolute Gasteiger partial charge is 0.358 e. The second kappa shape index (κ2) is 3.80. The molecule has 6 heteroatoms. The Morgan fingerprint density at radius 2 is 2.24 bits per heavy atom. The fraction of sp³-hybridized carbons (Fsp3) is 0.364. The molecule has 1 saturated carbocycles. The second-order valence-corrected chi connectivity index (χ2v) is 4.83. The van der Waals surface area contributed by atoms with Gasteiger partial charge in [-0.05, 0) is 28.8 Å². The van der Waals surface area contributed by atoms with E-state index in [0.29, 0.717) is 10.5 Å². The van der Waals surface area contributed by atoms with Gasteiger partial charge in [-0.25, -0.2) is 14.8 Å². The molecule has 0 spiro atoms. The van der Waals surface area contributed by atoms with Crippen molar-refractivity contribution in [3.05, 3.63) is 28.4 Å². The van der Waals surface area contributed by atoms with Crippen LogP contribution in [0.1, 0.15) is 34.9 Å². The van der Waals surface area contributed by atoms with Gasteiger partial charge in [-0.15, -0.1) is 0 Å². The van der Waals surface area contributed by atoms with Gasteiger partial charge in [0.1, 0.15) is 4.60 Å². The summed E-state index contributed by atoms with van der Waals surface area (Å²) in [7, 11) is 1.34. The first-order valence-electron chi connectivity index (χ1n) is 5.32. The summed E-state index contributed by atoms with van der Waals surface area (Å²) < 4.78 is 7.03. The molecule has 1 fully saturated rings. The number of ether oxygens (including phenoxy) is 1. The van der Waals surface area contributed by atoms with Crippen molar-refractivity contribution in [1.82, 2.24) is 14.4 Å². The molecule has 0 aliphatic heterocycles. The largest absolute Gasteiger partial charge is 0.464 e. The molecule has 88 valence electrons. The van der Waals surface area contributed by atoms with E-state index in [2.05, 4.69) is 30.6 Å². The summed E-state index contributed by atoms with van der Waals surface area (Å²) in [6, 6.07) is 0. The van der Waals surface area contributed by atoms with E-state index in [0.717, 1.165) is 11.3 Å². The first-order chi connectivity index (χ1) is 8.19. The molecular weight excluding hydrogens is 286 g/mol. The molecule has 0 saturated heterocycles. The van der Waals surface area contributed by atoms with Gasteiger partial charge >= 0.3 is 5.97 Å². The molecule has 0 unspecified atom stereocenters. The Kier molecular flexibility index (Phi) is 2.39. The van der Waals surface area contributed by atoms with E-state index in [1.54, 1.807) is 6.20 Å². The highest BCUT2D eigenvalue weighted by atomic mass is 79.9. The SMILES string of the molecule is COC(=O)c1cn2cc(C3CC3)nc2c(Br)n1. The summed E-state index contributed by atoms with van der Waals surface area (Å²) >= 11 is 3.33. The van der Waals surface area contributed by atoms with Crippen LogP contribution in [-0.2, 0) is 4.74 Å². The summed E-state index contributed by atoms with van der Waals surface area (Å²) in [5.74, 6) is 0.123. The summed E-state index contributed by atoms with van der Waals surface area (Å²) in [4.78, 5) is 20.0. The average Bonchev–Trinajstić information content (AvgIpc) is 3.08. The van der Waals surface area contributed by atoms with Gasteiger partial charge in [-0.1, -0.05) is 0 Å². The molecule has 0 amide bonds. The first-order valence-corrected chi connectivity index (χ1v) is 6.12. The van der Waals surface area contributed by atoms with E-state index in [1.165, 1.54) is 20.0 Å². The molecule has 17 heavy (non-hydrogen) atoms. The molecule has 2 aromatic heterocycles. The number of methoxy groups -OCH3 is 1. The van der Waals surface area contributed by atoms with Gasteiger partial charge in [0.2, 0.25) is 0 Å². The third-order valence-electron chi connectivity index (χ3n) is 2.81. The van der Waals surface area contributed by atoms with Gasteiger partial charge in [0.05, 0.1) is 12.8 Å². The number of carbonyl (C=O) groups is 1. The van der Waals surface area contributed by atoms with Crippen LogP contribution >= 0.6 is 15.9 Å². The molecule has 0 atom stereocenters. The highest BCUT2D eigenvalue weighted by Crippen LogP contribution is 2.39. The lowest BCUT2D eigenvalue weighted by Crippen LogP contribution is -2.06. The maximum atomic E-state index is 11.4. The van der Waals surface area contributed by atoms with E-state index >= 15 is 0 Å². The second-order valence-electron chi connectivity index (χ2n) is 4.08. The molecule has 5 nitrogen and oxygen atoms in total. The van der Waals surface area contributed by atoms with Gasteiger partial charge in [0.25, 0.3) is 0 Å². The van der Waals surface area contributed by atoms with Crippen LogP contribution in [0.2, 0.25) is 0 Å². The minimum Gasteiger partial charge on any atom is -0.464 e. The van der Waals surface area contributed by atoms with Crippen molar-refractivity contribution < 1.29 is 9.53 Å². The van der Waals surface area contributed by atoms with Crippen molar-refractivity contribution in [1.29, 1.82) is 0 Å². The lowest BCUT2D eigenvalue weighted by atomic mass is 10.3. The first kappa shape index (κ1) is 10.7. The Hall–Kier alpha value is -1.43. The van der Waals surface area contributed by atoms with Crippen molar-refractivity contribution in [2.24, 2.45) is 0 Å². The molecule has 0 aromatic carbocycles. The molecule has 0 N–H and O–H groups in total. The molecule has 3 rings (SSSR count). The van der Waals surface area contributed by atoms with Crippen LogP contribution in [0.5, 0.6) is 0 Å². The zero-order chi connectivity index (χ0) is 12.0. The van der Waals surface area contributed by atoms with Gasteiger partial charge in [0, 0.05) is 18.3 Å². The number of nitrogens with zero attached hydrogens (tertiary/aromatic N) is 3. The Labute approximate surface area is 106 Å². The highest BCUT2D eigenvalue weighted by molar-refractivity contribution is 9.10. The van der Waals surface area contributed by atoms with Crippen LogP contribution in [-0.4, -0.2) is 27.4 Å². The molecule has 0 bridgehead atoms. The number of aromatic nitrogens is 3. The predicted molar refractivity (Wildman–Crippen MR) is 64.0 cm³/mol. The molecule has 1 aliphatic rings. The third-order valence-corrected chi connectivity index (χ3v) is 3.34. The summed E-state index contributed by atoms with van der Waals surface area (Å²) in [5, 5.41) is 0. The van der Waals surface area contributed by atoms with Crippen molar-refractivity contribution in [3.63, 3.8) is 0 Å². The van der Waals surface area contributed by atoms with Crippen LogP contribution in [0.15, 0.2) is 17.0 Å². The molecule has 1 aliphatic carbocycles. The van der Waals surface area contributed by atoms with Crippen LogP contribution in [0.25, 0.3) is 5.65 Å². The number of imidazole rings is 1. The van der Waals surface area contributed by atoms with E-state index < -0.39 is 5.97 Å². The number of fused-ring (bicyclic) bond motifs is 1. The predicted octanol–water partition coefficient (Wildman–Crippen LogP) is 2.16. The van der Waals surface area contributed by atoms with Crippen LogP contribution < -0.4 is 0 Å². The normalized spacial score (nSPS) is 15.2. The third kappa shape index (κ3) is 1.82. The lowest BCUT2D eigenvalue weighted by molar-refractivity contribution is 0.0593. The number of hydrogen-bond donors (Lipinski definition) is 0. The number of halogens is 1. The van der Waals surface area contributed by atoms with Gasteiger partial charge < -0.3 is 9.14 Å². The maximum Gasteiger partial charge on any atom is 0.358 e. The molecular formula is C11H10BrN3O2. The number of esters is 1. The number of rotatable bonds is 2. The van der Waals surface area contributed by atoms with E-state index in [4.69, 9.17) is 0 Å². The van der Waals surface area contributed by atoms with Gasteiger partial charge in [-0.3, -0.25) is 0 Å². The van der Waals surface area contributed by atoms with Crippen molar-refractivity contribution in [2.75, 3.05) is 7.11 Å². The topological polar surface area (TPSA) is 56.5 Å². The average molecular weight is 296 g/mol. The molecule has 0 radical (unpaired) electrons. The van der Waals surface area contributed by atoms with Crippen LogP contribution in [0.4, 0.5) is 0 Å². The van der Waals surface area contributed by atoms with E-state index in [-0.39, 0.29) is 5.69 Å². The standard InChI is InChI=1S/C11H10BrN3O2/c1-17-11(16)8-5-15-4-7(6-2-3-6)14-10(15)9(12)13-8/h4-6H,2-3H2,1H3. The Morgan fingerprint density at radius 1 is 1.47 bits per heavy atom. The fourth-order valence-electron chi connectivity index (χ4n) is 1.76. The zero-order valence-electron chi connectivity index (χ0n) is 9.18. The van der Waals surface area contributed by atoms with Gasteiger partial charge in [0.15, 0.2) is 11.3 Å². The van der Waals surface area contributed by atoms with E-state index in [1.807, 2.05) is 10.6 Å². The Morgan fingerprint density at radius 3 is 2.88 bits per heavy atom. The summed E-state index contributed by atoms with van der Waals surface area (Å²) in [5.41, 5.74) is 2.07.